The molecule has 0 heterocycles. The van der Waals surface area contributed by atoms with Crippen LogP contribution in [0, 0.1) is 34.5 Å². The Hall–Kier alpha value is -0.970. The molecule has 4 rings (SSSR count). The molecule has 4 fully saturated rings. The first-order chi connectivity index (χ1) is 9.26. The summed E-state index contributed by atoms with van der Waals surface area (Å²) in [7, 11) is 0. The summed E-state index contributed by atoms with van der Waals surface area (Å²) < 4.78 is 0. The Kier molecular flexibility index (Phi) is 2.98. The van der Waals surface area contributed by atoms with Crippen molar-refractivity contribution in [3.63, 3.8) is 0 Å². The van der Waals surface area contributed by atoms with Crippen molar-refractivity contribution in [2.75, 3.05) is 0 Å². The fraction of sp³-hybridized carbons (Fsp3) is 0.833. The summed E-state index contributed by atoms with van der Waals surface area (Å²) in [6, 6.07) is -0.150. The van der Waals surface area contributed by atoms with Crippen LogP contribution in [-0.4, -0.2) is 11.9 Å². The number of hydrogen-bond acceptors (Lipinski definition) is 1. The normalized spacial score (nSPS) is 46.8. The minimum atomic E-state index is -0.150. The monoisotopic (exact) mass is 273 g/mol. The van der Waals surface area contributed by atoms with Gasteiger partial charge in [0, 0.05) is 6.42 Å². The van der Waals surface area contributed by atoms with Gasteiger partial charge in [-0.25, -0.2) is 0 Å². The van der Waals surface area contributed by atoms with Crippen LogP contribution in [0.3, 0.4) is 0 Å². The molecule has 1 N–H and O–H groups in total. The van der Waals surface area contributed by atoms with Crippen molar-refractivity contribution in [3.8, 4) is 12.3 Å². The number of nitrogens with one attached hydrogen (secondary N) is 1. The van der Waals surface area contributed by atoms with E-state index in [4.69, 9.17) is 6.42 Å². The Labute approximate surface area is 123 Å². The molecule has 0 spiro atoms. The lowest BCUT2D eigenvalue weighted by atomic mass is 9.40. The Balaban J connectivity index is 1.76. The average Bonchev–Trinajstić information content (AvgIpc) is 2.22. The molecule has 4 aliphatic carbocycles. The maximum Gasteiger partial charge on any atom is 0.221 e. The highest BCUT2D eigenvalue weighted by atomic mass is 16.1. The van der Waals surface area contributed by atoms with Crippen LogP contribution in [0.5, 0.6) is 0 Å². The smallest absolute Gasteiger partial charge is 0.221 e. The van der Waals surface area contributed by atoms with Crippen LogP contribution in [0.2, 0.25) is 0 Å². The topological polar surface area (TPSA) is 29.1 Å². The Morgan fingerprint density at radius 2 is 1.85 bits per heavy atom. The Morgan fingerprint density at radius 1 is 1.25 bits per heavy atom. The first-order valence-electron chi connectivity index (χ1n) is 8.01. The Bertz CT molecular complexity index is 456. The van der Waals surface area contributed by atoms with Crippen molar-refractivity contribution >= 4 is 5.91 Å². The quantitative estimate of drug-likeness (QED) is 0.783. The number of terminal acetylenes is 1. The average molecular weight is 273 g/mol. The fourth-order valence-corrected chi connectivity index (χ4v) is 6.56. The summed E-state index contributed by atoms with van der Waals surface area (Å²) in [5, 5.41) is 2.95. The van der Waals surface area contributed by atoms with Gasteiger partial charge in [-0.1, -0.05) is 19.8 Å². The summed E-state index contributed by atoms with van der Waals surface area (Å²) in [6.07, 6.45) is 13.9. The molecule has 20 heavy (non-hydrogen) atoms. The molecule has 4 bridgehead atoms. The van der Waals surface area contributed by atoms with E-state index in [2.05, 4.69) is 25.1 Å². The van der Waals surface area contributed by atoms with Crippen molar-refractivity contribution in [3.05, 3.63) is 0 Å². The van der Waals surface area contributed by atoms with Gasteiger partial charge in [0.2, 0.25) is 5.91 Å². The number of rotatable bonds is 3. The van der Waals surface area contributed by atoms with Crippen molar-refractivity contribution < 1.29 is 4.79 Å². The molecule has 0 radical (unpaired) electrons. The maximum atomic E-state index is 12.3. The zero-order valence-corrected chi connectivity index (χ0v) is 13.1. The van der Waals surface area contributed by atoms with Crippen LogP contribution in [0.1, 0.15) is 65.7 Å². The van der Waals surface area contributed by atoms with Gasteiger partial charge in [0.1, 0.15) is 0 Å². The second-order valence-electron chi connectivity index (χ2n) is 8.76. The molecule has 0 aliphatic heterocycles. The molecule has 0 aromatic rings. The van der Waals surface area contributed by atoms with E-state index < -0.39 is 0 Å². The molecule has 4 saturated carbocycles. The van der Waals surface area contributed by atoms with E-state index >= 15 is 0 Å². The number of amides is 1. The molecule has 0 aromatic heterocycles. The number of carbonyl (C=O) groups is 1. The lowest BCUT2D eigenvalue weighted by Gasteiger charge is -2.65. The Morgan fingerprint density at radius 3 is 2.35 bits per heavy atom. The molecule has 2 heteroatoms. The molecule has 110 valence electrons. The van der Waals surface area contributed by atoms with Crippen LogP contribution in [0.4, 0.5) is 0 Å². The SMILES string of the molecule is C#CC(C)NC(=O)CC12CC3CC(C)(CC(C)(C3)C1)C2. The highest BCUT2D eigenvalue weighted by Crippen LogP contribution is 2.70. The van der Waals surface area contributed by atoms with Crippen molar-refractivity contribution in [1.29, 1.82) is 0 Å². The van der Waals surface area contributed by atoms with Crippen LogP contribution in [0.15, 0.2) is 0 Å². The minimum Gasteiger partial charge on any atom is -0.343 e. The van der Waals surface area contributed by atoms with Gasteiger partial charge in [0.05, 0.1) is 6.04 Å². The molecule has 4 aliphatic rings. The summed E-state index contributed by atoms with van der Waals surface area (Å²) in [5.41, 5.74) is 1.21. The van der Waals surface area contributed by atoms with Gasteiger partial charge < -0.3 is 5.32 Å². The van der Waals surface area contributed by atoms with E-state index in [0.717, 1.165) is 5.92 Å². The second kappa shape index (κ2) is 4.26. The van der Waals surface area contributed by atoms with E-state index in [0.29, 0.717) is 17.3 Å². The molecule has 0 aromatic carbocycles. The molecular formula is C18H27NO. The molecule has 2 nitrogen and oxygen atoms in total. The summed E-state index contributed by atoms with van der Waals surface area (Å²) in [4.78, 5) is 12.3. The first-order valence-corrected chi connectivity index (χ1v) is 8.01. The van der Waals surface area contributed by atoms with Crippen molar-refractivity contribution in [2.45, 2.75) is 71.8 Å². The van der Waals surface area contributed by atoms with Crippen LogP contribution < -0.4 is 5.32 Å². The molecule has 3 atom stereocenters. The minimum absolute atomic E-state index is 0.150. The zero-order valence-electron chi connectivity index (χ0n) is 13.1. The lowest BCUT2D eigenvalue weighted by molar-refractivity contribution is -0.156. The van der Waals surface area contributed by atoms with Crippen LogP contribution in [-0.2, 0) is 4.79 Å². The van der Waals surface area contributed by atoms with E-state index in [1.807, 2.05) is 6.92 Å². The van der Waals surface area contributed by atoms with E-state index in [1.54, 1.807) is 0 Å². The van der Waals surface area contributed by atoms with Crippen molar-refractivity contribution in [2.24, 2.45) is 22.2 Å². The number of hydrogen-bond donors (Lipinski definition) is 1. The number of carbonyl (C=O) groups excluding carboxylic acids is 1. The van der Waals surface area contributed by atoms with E-state index in [-0.39, 0.29) is 17.4 Å². The first kappa shape index (κ1) is 14.0. The third kappa shape index (κ3) is 2.36. The van der Waals surface area contributed by atoms with Crippen LogP contribution >= 0.6 is 0 Å². The van der Waals surface area contributed by atoms with E-state index in [9.17, 15) is 4.79 Å². The fourth-order valence-electron chi connectivity index (χ4n) is 6.56. The van der Waals surface area contributed by atoms with Gasteiger partial charge >= 0.3 is 0 Å². The maximum absolute atomic E-state index is 12.3. The standard InChI is InChI=1S/C18H27NO/c1-5-13(2)19-15(20)9-18-8-14-6-16(3,11-18)10-17(4,7-14)12-18/h1,13-14H,6-12H2,2-4H3,(H,19,20). The summed E-state index contributed by atoms with van der Waals surface area (Å²) in [5.74, 6) is 3.59. The third-order valence-corrected chi connectivity index (χ3v) is 5.90. The molecule has 0 saturated heterocycles. The highest BCUT2D eigenvalue weighted by Gasteiger charge is 2.60. The molecule has 3 unspecified atom stereocenters. The largest absolute Gasteiger partial charge is 0.343 e. The van der Waals surface area contributed by atoms with Gasteiger partial charge in [0.25, 0.3) is 0 Å². The summed E-state index contributed by atoms with van der Waals surface area (Å²) >= 11 is 0. The van der Waals surface area contributed by atoms with Crippen LogP contribution in [0.25, 0.3) is 0 Å². The molecule has 1 amide bonds. The van der Waals surface area contributed by atoms with E-state index in [1.165, 1.54) is 38.5 Å². The summed E-state index contributed by atoms with van der Waals surface area (Å²) in [6.45, 7) is 6.78. The lowest BCUT2D eigenvalue weighted by Crippen LogP contribution is -2.56. The molecular weight excluding hydrogens is 246 g/mol. The highest BCUT2D eigenvalue weighted by molar-refractivity contribution is 5.77. The van der Waals surface area contributed by atoms with Gasteiger partial charge in [0.15, 0.2) is 0 Å². The second-order valence-corrected chi connectivity index (χ2v) is 8.76. The van der Waals surface area contributed by atoms with Gasteiger partial charge in [-0.3, -0.25) is 4.79 Å². The predicted molar refractivity (Wildman–Crippen MR) is 80.9 cm³/mol. The third-order valence-electron chi connectivity index (χ3n) is 5.90. The predicted octanol–water partition coefficient (Wildman–Crippen LogP) is 3.51. The van der Waals surface area contributed by atoms with Gasteiger partial charge in [-0.2, -0.15) is 0 Å². The zero-order chi connectivity index (χ0) is 14.6. The van der Waals surface area contributed by atoms with Crippen molar-refractivity contribution in [1.82, 2.24) is 5.32 Å². The van der Waals surface area contributed by atoms with Gasteiger partial charge in [-0.05, 0) is 67.6 Å². The van der Waals surface area contributed by atoms with Gasteiger partial charge in [-0.15, -0.1) is 6.42 Å².